The summed E-state index contributed by atoms with van der Waals surface area (Å²) in [5.41, 5.74) is -3.08. The van der Waals surface area contributed by atoms with E-state index in [-0.39, 0.29) is 6.07 Å². The molecule has 0 N–H and O–H groups in total. The van der Waals surface area contributed by atoms with Crippen LogP contribution >= 0.6 is 0 Å². The van der Waals surface area contributed by atoms with Gasteiger partial charge in [-0.05, 0) is 12.0 Å². The highest BCUT2D eigenvalue weighted by atomic mass is 19.4. The summed E-state index contributed by atoms with van der Waals surface area (Å²) in [6, 6.07) is 1.91. The predicted molar refractivity (Wildman–Crippen MR) is 75.5 cm³/mol. The van der Waals surface area contributed by atoms with Crippen molar-refractivity contribution in [1.29, 1.82) is 0 Å². The van der Waals surface area contributed by atoms with Gasteiger partial charge in [-0.25, -0.2) is 0 Å². The summed E-state index contributed by atoms with van der Waals surface area (Å²) in [5, 5.41) is 0. The fourth-order valence-electron chi connectivity index (χ4n) is 2.47. The summed E-state index contributed by atoms with van der Waals surface area (Å²) in [6.07, 6.45) is -8.42. The first-order valence-electron chi connectivity index (χ1n) is 8.10. The zero-order valence-corrected chi connectivity index (χ0v) is 15.4. The zero-order valence-electron chi connectivity index (χ0n) is 15.4. The Balaban J connectivity index is 3.77. The van der Waals surface area contributed by atoms with Crippen LogP contribution in [0.1, 0.15) is 18.1 Å². The van der Waals surface area contributed by atoms with E-state index in [1.165, 1.54) is 0 Å². The van der Waals surface area contributed by atoms with Gasteiger partial charge in [0.05, 0.1) is 0 Å². The van der Waals surface area contributed by atoms with Gasteiger partial charge >= 0.3 is 47.6 Å². The Labute approximate surface area is 172 Å². The summed E-state index contributed by atoms with van der Waals surface area (Å²) in [6.45, 7) is 0.966. The Bertz CT molecular complexity index is 849. The lowest BCUT2D eigenvalue weighted by Crippen LogP contribution is -2.74. The van der Waals surface area contributed by atoms with Crippen molar-refractivity contribution >= 4 is 0 Å². The molecule has 0 spiro atoms. The van der Waals surface area contributed by atoms with Crippen LogP contribution in [0.4, 0.5) is 74.6 Å². The average Bonchev–Trinajstić information content (AvgIpc) is 2.65. The topological polar surface area (TPSA) is 0 Å². The molecule has 0 bridgehead atoms. The van der Waals surface area contributed by atoms with Crippen molar-refractivity contribution in [3.05, 3.63) is 35.4 Å². The number of hydrogen-bond donors (Lipinski definition) is 0. The first-order valence-corrected chi connectivity index (χ1v) is 8.10. The van der Waals surface area contributed by atoms with Gasteiger partial charge in [0.15, 0.2) is 0 Å². The van der Waals surface area contributed by atoms with E-state index in [1.807, 2.05) is 0 Å². The Hall–Kier alpha value is -1.97. The molecule has 192 valence electrons. The number of aryl methyl sites for hydroxylation is 1. The van der Waals surface area contributed by atoms with E-state index >= 15 is 0 Å². The molecular formula is C16H9F17. The van der Waals surface area contributed by atoms with E-state index in [9.17, 15) is 74.6 Å². The first-order chi connectivity index (χ1) is 14.3. The Morgan fingerprint density at radius 3 is 1.18 bits per heavy atom. The van der Waals surface area contributed by atoms with Crippen molar-refractivity contribution in [3.8, 4) is 0 Å². The molecule has 0 aliphatic rings. The Morgan fingerprint density at radius 1 is 0.485 bits per heavy atom. The average molecular weight is 524 g/mol. The minimum absolute atomic E-state index is 0.0362. The highest BCUT2D eigenvalue weighted by Gasteiger charge is 2.95. The molecule has 0 saturated heterocycles. The molecule has 1 rings (SSSR count). The van der Waals surface area contributed by atoms with Crippen molar-refractivity contribution in [2.24, 2.45) is 0 Å². The van der Waals surface area contributed by atoms with Crippen molar-refractivity contribution in [3.63, 3.8) is 0 Å². The molecule has 0 aromatic heterocycles. The van der Waals surface area contributed by atoms with Gasteiger partial charge in [-0.1, -0.05) is 31.2 Å². The second kappa shape index (κ2) is 7.78. The van der Waals surface area contributed by atoms with Crippen LogP contribution in [0, 0.1) is 0 Å². The fraction of sp³-hybridized carbons (Fsp3) is 0.625. The fourth-order valence-corrected chi connectivity index (χ4v) is 2.47. The number of rotatable bonds is 8. The van der Waals surface area contributed by atoms with Crippen LogP contribution in [0.25, 0.3) is 0 Å². The summed E-state index contributed by atoms with van der Waals surface area (Å²) < 4.78 is 226. The summed E-state index contributed by atoms with van der Waals surface area (Å²) in [4.78, 5) is 0. The van der Waals surface area contributed by atoms with Gasteiger partial charge in [-0.15, -0.1) is 0 Å². The smallest absolute Gasteiger partial charge is 0.194 e. The van der Waals surface area contributed by atoms with Crippen molar-refractivity contribution in [2.45, 2.75) is 61.0 Å². The number of hydrogen-bond acceptors (Lipinski definition) is 0. The lowest BCUT2D eigenvalue weighted by atomic mass is 9.86. The third-order valence-corrected chi connectivity index (χ3v) is 4.46. The molecular weight excluding hydrogens is 515 g/mol. The summed E-state index contributed by atoms with van der Waals surface area (Å²) in [7, 11) is 0. The molecule has 0 amide bonds. The number of halogens is 17. The maximum atomic E-state index is 14.2. The van der Waals surface area contributed by atoms with Crippen LogP contribution in [0.2, 0.25) is 0 Å². The van der Waals surface area contributed by atoms with Crippen LogP contribution in [0.5, 0.6) is 0 Å². The van der Waals surface area contributed by atoms with Gasteiger partial charge in [0, 0.05) is 5.56 Å². The molecule has 17 heteroatoms. The minimum atomic E-state index is -8.62. The molecule has 33 heavy (non-hydrogen) atoms. The molecule has 1 aromatic carbocycles. The SMILES string of the molecule is CCc1ccccc1C(F)(F)C(F)(F)C(F)(F)C(F)(F)C(F)(F)C(F)(F)C(F)(F)C(F)(F)F. The van der Waals surface area contributed by atoms with Crippen LogP contribution in [0.15, 0.2) is 24.3 Å². The van der Waals surface area contributed by atoms with E-state index in [2.05, 4.69) is 0 Å². The quantitative estimate of drug-likeness (QED) is 0.306. The van der Waals surface area contributed by atoms with E-state index < -0.39 is 65.2 Å². The zero-order chi connectivity index (χ0) is 26.7. The molecule has 1 aromatic rings. The van der Waals surface area contributed by atoms with E-state index in [0.29, 0.717) is 12.1 Å². The molecule has 0 nitrogen and oxygen atoms in total. The molecule has 0 atom stereocenters. The normalized spacial score (nSPS) is 15.7. The van der Waals surface area contributed by atoms with Crippen molar-refractivity contribution in [2.75, 3.05) is 0 Å². The van der Waals surface area contributed by atoms with Crippen LogP contribution < -0.4 is 0 Å². The van der Waals surface area contributed by atoms with Crippen molar-refractivity contribution < 1.29 is 74.6 Å². The molecule has 0 unspecified atom stereocenters. The van der Waals surface area contributed by atoms with Crippen LogP contribution in [0.3, 0.4) is 0 Å². The lowest BCUT2D eigenvalue weighted by Gasteiger charge is -2.43. The summed E-state index contributed by atoms with van der Waals surface area (Å²) in [5.74, 6) is -56.4. The minimum Gasteiger partial charge on any atom is -0.194 e. The molecule has 0 aliphatic heterocycles. The van der Waals surface area contributed by atoms with Gasteiger partial charge < -0.3 is 0 Å². The van der Waals surface area contributed by atoms with Gasteiger partial charge in [0.1, 0.15) is 0 Å². The monoisotopic (exact) mass is 524 g/mol. The summed E-state index contributed by atoms with van der Waals surface area (Å²) >= 11 is 0. The molecule has 0 aliphatic carbocycles. The highest BCUT2D eigenvalue weighted by Crippen LogP contribution is 2.65. The van der Waals surface area contributed by atoms with Gasteiger partial charge in [0.2, 0.25) is 0 Å². The molecule has 0 saturated carbocycles. The van der Waals surface area contributed by atoms with Gasteiger partial charge in [-0.2, -0.15) is 74.6 Å². The van der Waals surface area contributed by atoms with E-state index in [4.69, 9.17) is 0 Å². The standard InChI is InChI=1S/C16H9F17/c1-2-7-5-3-4-6-8(7)9(17,18)10(19,20)11(21,22)12(23,24)13(25,26)14(27,28)15(29,30)16(31,32)33/h3-6H,2H2,1H3. The third kappa shape index (κ3) is 3.68. The first kappa shape index (κ1) is 29.1. The van der Waals surface area contributed by atoms with Crippen LogP contribution in [-0.4, -0.2) is 41.7 Å². The third-order valence-electron chi connectivity index (χ3n) is 4.46. The predicted octanol–water partition coefficient (Wildman–Crippen LogP) is 7.71. The molecule has 0 radical (unpaired) electrons. The van der Waals surface area contributed by atoms with E-state index in [1.54, 1.807) is 0 Å². The van der Waals surface area contributed by atoms with Gasteiger partial charge in [0.25, 0.3) is 0 Å². The Kier molecular flexibility index (Phi) is 6.85. The maximum absolute atomic E-state index is 14.2. The maximum Gasteiger partial charge on any atom is 0.460 e. The molecule has 0 fully saturated rings. The molecule has 0 heterocycles. The second-order valence-corrected chi connectivity index (χ2v) is 6.53. The van der Waals surface area contributed by atoms with E-state index in [0.717, 1.165) is 13.0 Å². The van der Waals surface area contributed by atoms with Gasteiger partial charge in [-0.3, -0.25) is 0 Å². The highest BCUT2D eigenvalue weighted by molar-refractivity contribution is 5.34. The largest absolute Gasteiger partial charge is 0.460 e. The second-order valence-electron chi connectivity index (χ2n) is 6.53. The van der Waals surface area contributed by atoms with Crippen molar-refractivity contribution in [1.82, 2.24) is 0 Å². The number of alkyl halides is 17. The van der Waals surface area contributed by atoms with Crippen LogP contribution in [-0.2, 0) is 12.3 Å². The number of benzene rings is 1. The Morgan fingerprint density at radius 2 is 0.818 bits per heavy atom. The lowest BCUT2D eigenvalue weighted by molar-refractivity contribution is -0.462.